The van der Waals surface area contributed by atoms with E-state index in [-0.39, 0.29) is 6.61 Å². The summed E-state index contributed by atoms with van der Waals surface area (Å²) in [5.41, 5.74) is 0.961. The highest BCUT2D eigenvalue weighted by atomic mass is 32.2. The minimum absolute atomic E-state index is 0.203. The molecule has 0 saturated carbocycles. The lowest BCUT2D eigenvalue weighted by atomic mass is 10.4. The van der Waals surface area contributed by atoms with Gasteiger partial charge in [0.2, 0.25) is 0 Å². The second-order valence-electron chi connectivity index (χ2n) is 2.54. The van der Waals surface area contributed by atoms with E-state index in [1.165, 1.54) is 0 Å². The molecule has 14 heavy (non-hydrogen) atoms. The maximum Gasteiger partial charge on any atom is 0.0842 e. The van der Waals surface area contributed by atoms with Crippen LogP contribution in [0.3, 0.4) is 0 Å². The molecule has 0 aliphatic heterocycles. The summed E-state index contributed by atoms with van der Waals surface area (Å²) in [6.07, 6.45) is 4.01. The van der Waals surface area contributed by atoms with Gasteiger partial charge in [-0.15, -0.1) is 0 Å². The van der Waals surface area contributed by atoms with E-state index in [0.717, 1.165) is 5.69 Å². The maximum atomic E-state index is 9.98. The van der Waals surface area contributed by atoms with Crippen molar-refractivity contribution < 1.29 is 12.9 Å². The van der Waals surface area contributed by atoms with Crippen LogP contribution in [-0.2, 0) is 15.5 Å². The van der Waals surface area contributed by atoms with Gasteiger partial charge in [-0.05, 0) is 18.6 Å². The Morgan fingerprint density at radius 1 is 1.50 bits per heavy atom. The molecule has 0 bridgehead atoms. The number of rotatable bonds is 6. The molecule has 1 atom stereocenters. The highest BCUT2D eigenvalue weighted by molar-refractivity contribution is 7.74. The predicted molar refractivity (Wildman–Crippen MR) is 52.2 cm³/mol. The first kappa shape index (κ1) is 11.1. The van der Waals surface area contributed by atoms with Crippen molar-refractivity contribution in [2.45, 2.75) is 6.42 Å². The molecule has 5 nitrogen and oxygen atoms in total. The number of anilines is 1. The van der Waals surface area contributed by atoms with E-state index >= 15 is 0 Å². The second kappa shape index (κ2) is 6.47. The lowest BCUT2D eigenvalue weighted by molar-refractivity contribution is 0.299. The van der Waals surface area contributed by atoms with Gasteiger partial charge in [-0.25, -0.2) is 4.21 Å². The van der Waals surface area contributed by atoms with Gasteiger partial charge in [0.05, 0.1) is 18.0 Å². The molecule has 0 radical (unpaired) electrons. The van der Waals surface area contributed by atoms with Crippen molar-refractivity contribution in [3.05, 3.63) is 24.5 Å². The molecule has 0 saturated heterocycles. The second-order valence-corrected chi connectivity index (χ2v) is 3.19. The highest BCUT2D eigenvalue weighted by Crippen LogP contribution is 2.02. The van der Waals surface area contributed by atoms with E-state index in [1.54, 1.807) is 12.4 Å². The first-order valence-corrected chi connectivity index (χ1v) is 5.15. The molecule has 78 valence electrons. The summed E-state index contributed by atoms with van der Waals surface area (Å²) in [7, 11) is 0. The Balaban J connectivity index is 2.08. The number of nitrogens with one attached hydrogen (secondary N) is 1. The first-order chi connectivity index (χ1) is 6.79. The largest absolute Gasteiger partial charge is 0.750 e. The van der Waals surface area contributed by atoms with Crippen LogP contribution in [0.5, 0.6) is 0 Å². The Morgan fingerprint density at radius 3 is 2.86 bits per heavy atom. The standard InChI is InChI=1S/C8H12N2O3S/c11-14(12)13-7-1-4-10-8-2-5-9-6-3-8/h2-3,5-6H,1,4,7H2,(H,9,10)(H,11,12)/p-1. The van der Waals surface area contributed by atoms with Crippen molar-refractivity contribution in [2.75, 3.05) is 18.5 Å². The molecule has 1 unspecified atom stereocenters. The number of hydrogen-bond donors (Lipinski definition) is 1. The zero-order valence-corrected chi connectivity index (χ0v) is 8.33. The van der Waals surface area contributed by atoms with Crippen molar-refractivity contribution in [2.24, 2.45) is 0 Å². The van der Waals surface area contributed by atoms with Gasteiger partial charge in [-0.3, -0.25) is 4.98 Å². The van der Waals surface area contributed by atoms with Crippen LogP contribution in [0.1, 0.15) is 6.42 Å². The summed E-state index contributed by atoms with van der Waals surface area (Å²) in [6, 6.07) is 3.68. The van der Waals surface area contributed by atoms with Gasteiger partial charge < -0.3 is 14.1 Å². The van der Waals surface area contributed by atoms with Gasteiger partial charge in [0.25, 0.3) is 0 Å². The van der Waals surface area contributed by atoms with Gasteiger partial charge in [-0.2, -0.15) is 0 Å². The molecule has 1 aromatic heterocycles. The third-order valence-electron chi connectivity index (χ3n) is 1.51. The van der Waals surface area contributed by atoms with E-state index < -0.39 is 11.4 Å². The van der Waals surface area contributed by atoms with Crippen LogP contribution < -0.4 is 5.32 Å². The summed E-state index contributed by atoms with van der Waals surface area (Å²) in [6.45, 7) is 0.870. The molecule has 0 amide bonds. The zero-order valence-electron chi connectivity index (χ0n) is 7.51. The van der Waals surface area contributed by atoms with Crippen LogP contribution in [0.2, 0.25) is 0 Å². The summed E-state index contributed by atoms with van der Waals surface area (Å²) in [4.78, 5) is 3.87. The Morgan fingerprint density at radius 2 is 2.21 bits per heavy atom. The molecule has 1 rings (SSSR count). The molecule has 0 aromatic carbocycles. The fourth-order valence-electron chi connectivity index (χ4n) is 0.902. The van der Waals surface area contributed by atoms with Crippen molar-refractivity contribution in [3.63, 3.8) is 0 Å². The van der Waals surface area contributed by atoms with Crippen LogP contribution in [0.15, 0.2) is 24.5 Å². The van der Waals surface area contributed by atoms with Crippen LogP contribution in [0, 0.1) is 0 Å². The molecule has 0 aliphatic rings. The summed E-state index contributed by atoms with van der Waals surface area (Å²) in [5, 5.41) is 3.10. The molecule has 0 aliphatic carbocycles. The third kappa shape index (κ3) is 4.90. The minimum Gasteiger partial charge on any atom is -0.750 e. The van der Waals surface area contributed by atoms with Crippen molar-refractivity contribution in [3.8, 4) is 0 Å². The predicted octanol–water partition coefficient (Wildman–Crippen LogP) is 0.694. The number of hydrogen-bond acceptors (Lipinski definition) is 5. The summed E-state index contributed by atoms with van der Waals surface area (Å²) >= 11 is -2.40. The normalized spacial score (nSPS) is 12.4. The van der Waals surface area contributed by atoms with Crippen molar-refractivity contribution >= 4 is 17.0 Å². The van der Waals surface area contributed by atoms with Gasteiger partial charge in [-0.1, -0.05) is 0 Å². The van der Waals surface area contributed by atoms with Gasteiger partial charge >= 0.3 is 0 Å². The van der Waals surface area contributed by atoms with Gasteiger partial charge in [0.15, 0.2) is 0 Å². The smallest absolute Gasteiger partial charge is 0.0842 e. The summed E-state index contributed by atoms with van der Waals surface area (Å²) < 4.78 is 24.3. The molecule has 1 heterocycles. The Bertz CT molecular complexity index is 281. The van der Waals surface area contributed by atoms with Crippen LogP contribution in [-0.4, -0.2) is 26.9 Å². The monoisotopic (exact) mass is 215 g/mol. The average Bonchev–Trinajstić information content (AvgIpc) is 2.18. The quantitative estimate of drug-likeness (QED) is 0.558. The third-order valence-corrected chi connectivity index (χ3v) is 1.87. The SMILES string of the molecule is O=S([O-])OCCCNc1ccncc1. The highest BCUT2D eigenvalue weighted by Gasteiger charge is 1.90. The number of nitrogens with zero attached hydrogens (tertiary/aromatic N) is 1. The lowest BCUT2D eigenvalue weighted by Crippen LogP contribution is -2.06. The topological polar surface area (TPSA) is 74.3 Å². The van der Waals surface area contributed by atoms with Crippen molar-refractivity contribution in [1.29, 1.82) is 0 Å². The maximum absolute atomic E-state index is 9.98. The van der Waals surface area contributed by atoms with E-state index in [1.807, 2.05) is 12.1 Å². The fourth-order valence-corrected chi connectivity index (χ4v) is 1.16. The van der Waals surface area contributed by atoms with E-state index in [2.05, 4.69) is 14.5 Å². The van der Waals surface area contributed by atoms with Gasteiger partial charge in [0, 0.05) is 24.6 Å². The number of pyridine rings is 1. The van der Waals surface area contributed by atoms with Gasteiger partial charge in [0.1, 0.15) is 0 Å². The van der Waals surface area contributed by atoms with Crippen LogP contribution in [0.25, 0.3) is 0 Å². The van der Waals surface area contributed by atoms with E-state index in [4.69, 9.17) is 0 Å². The Labute approximate surface area is 85.0 Å². The molecule has 0 spiro atoms. The molecular formula is C8H11N2O3S-. The van der Waals surface area contributed by atoms with E-state index in [9.17, 15) is 8.76 Å². The Hall–Kier alpha value is -0.980. The van der Waals surface area contributed by atoms with Crippen molar-refractivity contribution in [1.82, 2.24) is 4.98 Å². The van der Waals surface area contributed by atoms with Crippen LogP contribution in [0.4, 0.5) is 5.69 Å². The first-order valence-electron chi connectivity index (χ1n) is 4.15. The van der Waals surface area contributed by atoms with E-state index in [0.29, 0.717) is 13.0 Å². The minimum atomic E-state index is -2.40. The molecule has 6 heteroatoms. The molecule has 1 N–H and O–H groups in total. The zero-order chi connectivity index (χ0) is 10.2. The lowest BCUT2D eigenvalue weighted by Gasteiger charge is -2.07. The average molecular weight is 215 g/mol. The molecular weight excluding hydrogens is 204 g/mol. The number of aromatic nitrogens is 1. The fraction of sp³-hybridized carbons (Fsp3) is 0.375. The van der Waals surface area contributed by atoms with Crippen LogP contribution >= 0.6 is 0 Å². The Kier molecular flexibility index (Phi) is 5.13. The molecule has 0 fully saturated rings. The summed E-state index contributed by atoms with van der Waals surface area (Å²) in [5.74, 6) is 0. The molecule has 1 aromatic rings.